The molecule has 0 spiro atoms. The minimum atomic E-state index is -0.388. The zero-order chi connectivity index (χ0) is 15.2. The van der Waals surface area contributed by atoms with Crippen LogP contribution in [0.5, 0.6) is 0 Å². The van der Waals surface area contributed by atoms with Crippen molar-refractivity contribution in [2.75, 3.05) is 13.1 Å². The molecule has 0 aliphatic rings. The van der Waals surface area contributed by atoms with Gasteiger partial charge in [-0.25, -0.2) is 4.39 Å². The Hall–Kier alpha value is -1.09. The minimum absolute atomic E-state index is 0.161. The van der Waals surface area contributed by atoms with Crippen LogP contribution >= 0.6 is 23.2 Å². The molecule has 4 heteroatoms. The second-order valence-electron chi connectivity index (χ2n) is 4.98. The molecule has 112 valence electrons. The predicted molar refractivity (Wildman–Crippen MR) is 87.9 cm³/mol. The van der Waals surface area contributed by atoms with E-state index < -0.39 is 0 Å². The van der Waals surface area contributed by atoms with Crippen LogP contribution in [0.25, 0.3) is 0 Å². The Labute approximate surface area is 135 Å². The van der Waals surface area contributed by atoms with Crippen LogP contribution in [0.4, 0.5) is 4.39 Å². The normalized spacial score (nSPS) is 12.4. The van der Waals surface area contributed by atoms with Crippen LogP contribution in [-0.2, 0) is 6.42 Å². The Bertz CT molecular complexity index is 601. The number of hydrogen-bond acceptors (Lipinski definition) is 1. The average Bonchev–Trinajstić information content (AvgIpc) is 2.48. The van der Waals surface area contributed by atoms with Crippen molar-refractivity contribution in [3.63, 3.8) is 0 Å². The lowest BCUT2D eigenvalue weighted by Crippen LogP contribution is -2.23. The summed E-state index contributed by atoms with van der Waals surface area (Å²) >= 11 is 12.2. The van der Waals surface area contributed by atoms with E-state index in [4.69, 9.17) is 23.2 Å². The second-order valence-corrected chi connectivity index (χ2v) is 5.79. The summed E-state index contributed by atoms with van der Waals surface area (Å²) in [6, 6.07) is 12.7. The Morgan fingerprint density at radius 3 is 2.52 bits per heavy atom. The molecule has 0 fully saturated rings. The summed E-state index contributed by atoms with van der Waals surface area (Å²) in [6.07, 6.45) is 0.761. The molecule has 2 aromatic rings. The molecule has 0 aromatic heterocycles. The topological polar surface area (TPSA) is 12.0 Å². The number of benzene rings is 2. The van der Waals surface area contributed by atoms with Gasteiger partial charge in [0, 0.05) is 17.5 Å². The Balaban J connectivity index is 2.24. The lowest BCUT2D eigenvalue weighted by Gasteiger charge is -2.19. The number of hydrogen-bond donors (Lipinski definition) is 1. The molecule has 0 radical (unpaired) electrons. The van der Waals surface area contributed by atoms with E-state index in [9.17, 15) is 4.39 Å². The van der Waals surface area contributed by atoms with Crippen molar-refractivity contribution in [2.45, 2.75) is 19.3 Å². The summed E-state index contributed by atoms with van der Waals surface area (Å²) in [5.41, 5.74) is 2.10. The fourth-order valence-electron chi connectivity index (χ4n) is 2.37. The summed E-state index contributed by atoms with van der Waals surface area (Å²) in [5, 5.41) is 4.27. The van der Waals surface area contributed by atoms with Crippen molar-refractivity contribution in [1.82, 2.24) is 5.32 Å². The standard InChI is InChI=1S/C17H18Cl2FN/c1-2-21-11-13(14-5-3-4-6-15(14)18)9-12-7-8-17(20)16(19)10-12/h3-8,10,13,21H,2,9,11H2,1H3. The van der Waals surface area contributed by atoms with E-state index in [1.165, 1.54) is 6.07 Å². The highest BCUT2D eigenvalue weighted by atomic mass is 35.5. The maximum atomic E-state index is 13.3. The molecule has 0 bridgehead atoms. The van der Waals surface area contributed by atoms with Crippen LogP contribution in [0.3, 0.4) is 0 Å². The first-order valence-electron chi connectivity index (χ1n) is 7.01. The Morgan fingerprint density at radius 1 is 1.10 bits per heavy atom. The first kappa shape index (κ1) is 16.3. The van der Waals surface area contributed by atoms with Gasteiger partial charge in [-0.15, -0.1) is 0 Å². The SMILES string of the molecule is CCNCC(Cc1ccc(F)c(Cl)c1)c1ccccc1Cl. The van der Waals surface area contributed by atoms with Crippen molar-refractivity contribution in [3.05, 3.63) is 69.5 Å². The number of halogens is 3. The number of rotatable bonds is 6. The van der Waals surface area contributed by atoms with Gasteiger partial charge in [0.05, 0.1) is 5.02 Å². The predicted octanol–water partition coefficient (Wildman–Crippen LogP) is 5.07. The van der Waals surface area contributed by atoms with Gasteiger partial charge in [-0.1, -0.05) is 54.4 Å². The molecule has 1 unspecified atom stereocenters. The summed E-state index contributed by atoms with van der Waals surface area (Å²) in [7, 11) is 0. The molecule has 1 atom stereocenters. The molecule has 21 heavy (non-hydrogen) atoms. The molecule has 0 aliphatic carbocycles. The molecule has 0 saturated heterocycles. The van der Waals surface area contributed by atoms with Crippen molar-refractivity contribution in [2.24, 2.45) is 0 Å². The molecular weight excluding hydrogens is 308 g/mol. The lowest BCUT2D eigenvalue weighted by molar-refractivity contribution is 0.592. The molecular formula is C17H18Cl2FN. The van der Waals surface area contributed by atoms with Crippen molar-refractivity contribution < 1.29 is 4.39 Å². The second kappa shape index (κ2) is 7.79. The zero-order valence-electron chi connectivity index (χ0n) is 11.9. The maximum Gasteiger partial charge on any atom is 0.141 e. The van der Waals surface area contributed by atoms with E-state index in [1.54, 1.807) is 12.1 Å². The highest BCUT2D eigenvalue weighted by Gasteiger charge is 2.15. The highest BCUT2D eigenvalue weighted by Crippen LogP contribution is 2.28. The van der Waals surface area contributed by atoms with Gasteiger partial charge >= 0.3 is 0 Å². The molecule has 2 rings (SSSR count). The fraction of sp³-hybridized carbons (Fsp3) is 0.294. The van der Waals surface area contributed by atoms with Crippen molar-refractivity contribution in [1.29, 1.82) is 0 Å². The van der Waals surface area contributed by atoms with Gasteiger partial charge in [0.1, 0.15) is 5.82 Å². The van der Waals surface area contributed by atoms with Crippen LogP contribution < -0.4 is 5.32 Å². The van der Waals surface area contributed by atoms with Gasteiger partial charge in [-0.2, -0.15) is 0 Å². The summed E-state index contributed by atoms with van der Waals surface area (Å²) in [6.45, 7) is 3.78. The van der Waals surface area contributed by atoms with E-state index in [2.05, 4.69) is 12.2 Å². The van der Waals surface area contributed by atoms with Gasteiger partial charge in [-0.05, 0) is 42.3 Å². The van der Waals surface area contributed by atoms with E-state index >= 15 is 0 Å². The van der Waals surface area contributed by atoms with Crippen molar-refractivity contribution in [3.8, 4) is 0 Å². The number of nitrogens with one attached hydrogen (secondary N) is 1. The first-order chi connectivity index (χ1) is 10.1. The van der Waals surface area contributed by atoms with Crippen molar-refractivity contribution >= 4 is 23.2 Å². The molecule has 0 heterocycles. The van der Waals surface area contributed by atoms with Gasteiger partial charge in [-0.3, -0.25) is 0 Å². The highest BCUT2D eigenvalue weighted by molar-refractivity contribution is 6.31. The van der Waals surface area contributed by atoms with Crippen LogP contribution in [0.2, 0.25) is 10.0 Å². The third kappa shape index (κ3) is 4.44. The third-order valence-corrected chi connectivity index (χ3v) is 4.09. The summed E-state index contributed by atoms with van der Waals surface area (Å²) < 4.78 is 13.3. The van der Waals surface area contributed by atoms with Gasteiger partial charge in [0.25, 0.3) is 0 Å². The smallest absolute Gasteiger partial charge is 0.141 e. The molecule has 2 aromatic carbocycles. The number of likely N-dealkylation sites (N-methyl/N-ethyl adjacent to an activating group) is 1. The first-order valence-corrected chi connectivity index (χ1v) is 7.76. The quantitative estimate of drug-likeness (QED) is 0.782. The van der Waals surface area contributed by atoms with Crippen LogP contribution in [-0.4, -0.2) is 13.1 Å². The lowest BCUT2D eigenvalue weighted by atomic mass is 9.91. The Morgan fingerprint density at radius 2 is 1.86 bits per heavy atom. The van der Waals surface area contributed by atoms with Crippen LogP contribution in [0.1, 0.15) is 24.0 Å². The Kier molecular flexibility index (Phi) is 6.04. The molecule has 0 amide bonds. The van der Waals surface area contributed by atoms with E-state index in [0.717, 1.165) is 35.7 Å². The van der Waals surface area contributed by atoms with Gasteiger partial charge < -0.3 is 5.32 Å². The molecule has 1 N–H and O–H groups in total. The van der Waals surface area contributed by atoms with Gasteiger partial charge in [0.2, 0.25) is 0 Å². The van der Waals surface area contributed by atoms with E-state index in [1.807, 2.05) is 24.3 Å². The summed E-state index contributed by atoms with van der Waals surface area (Å²) in [5.74, 6) is -0.165. The van der Waals surface area contributed by atoms with Crippen LogP contribution in [0, 0.1) is 5.82 Å². The fourth-order valence-corrected chi connectivity index (χ4v) is 2.86. The summed E-state index contributed by atoms with van der Waals surface area (Å²) in [4.78, 5) is 0. The maximum absolute atomic E-state index is 13.3. The van der Waals surface area contributed by atoms with E-state index in [-0.39, 0.29) is 16.8 Å². The zero-order valence-corrected chi connectivity index (χ0v) is 13.4. The average molecular weight is 326 g/mol. The van der Waals surface area contributed by atoms with Gasteiger partial charge in [0.15, 0.2) is 0 Å². The van der Waals surface area contributed by atoms with E-state index in [0.29, 0.717) is 0 Å². The molecule has 1 nitrogen and oxygen atoms in total. The molecule has 0 aliphatic heterocycles. The third-order valence-electron chi connectivity index (χ3n) is 3.45. The largest absolute Gasteiger partial charge is 0.316 e. The monoisotopic (exact) mass is 325 g/mol. The molecule has 0 saturated carbocycles. The minimum Gasteiger partial charge on any atom is -0.316 e. The van der Waals surface area contributed by atoms with Crippen LogP contribution in [0.15, 0.2) is 42.5 Å².